The van der Waals surface area contributed by atoms with Crippen molar-refractivity contribution in [3.05, 3.63) is 29.3 Å². The van der Waals surface area contributed by atoms with E-state index < -0.39 is 47.6 Å². The largest absolute Gasteiger partial charge is 0.466 e. The first-order chi connectivity index (χ1) is 16.6. The number of carbonyl (C=O) groups is 5. The molecule has 36 heavy (non-hydrogen) atoms. The highest BCUT2D eigenvalue weighted by atomic mass is 35.5. The van der Waals surface area contributed by atoms with Gasteiger partial charge in [-0.2, -0.15) is 5.06 Å². The van der Waals surface area contributed by atoms with Crippen molar-refractivity contribution in [2.75, 3.05) is 30.6 Å². The minimum absolute atomic E-state index is 0. The Balaban J connectivity index is 0.0000122. The highest BCUT2D eigenvalue weighted by Crippen LogP contribution is 2.20. The Morgan fingerprint density at radius 3 is 2.22 bits per heavy atom. The van der Waals surface area contributed by atoms with Crippen LogP contribution in [-0.2, 0) is 28.7 Å². The minimum Gasteiger partial charge on any atom is -0.466 e. The fourth-order valence-corrected chi connectivity index (χ4v) is 3.39. The van der Waals surface area contributed by atoms with E-state index in [4.69, 9.17) is 26.8 Å². The lowest BCUT2D eigenvalue weighted by Gasteiger charge is -2.21. The van der Waals surface area contributed by atoms with Crippen LogP contribution in [0.1, 0.15) is 26.7 Å². The number of hydrogen-bond acceptors (Lipinski definition) is 10. The van der Waals surface area contributed by atoms with E-state index >= 15 is 0 Å². The topological polar surface area (TPSA) is 177 Å². The molecule has 0 unspecified atom stereocenters. The van der Waals surface area contributed by atoms with E-state index in [0.29, 0.717) is 21.8 Å². The molecule has 3 amide bonds. The van der Waals surface area contributed by atoms with Crippen molar-refractivity contribution in [1.82, 2.24) is 10.6 Å². The van der Waals surface area contributed by atoms with Crippen molar-refractivity contribution >= 4 is 70.4 Å². The van der Waals surface area contributed by atoms with E-state index in [0.717, 1.165) is 0 Å². The fourth-order valence-electron chi connectivity index (χ4n) is 2.50. The summed E-state index contributed by atoms with van der Waals surface area (Å²) in [5.74, 6) is -3.04. The smallest absolute Gasteiger partial charge is 0.325 e. The maximum absolute atomic E-state index is 12.6. The number of hydroxylamine groups is 1. The van der Waals surface area contributed by atoms with Crippen LogP contribution in [0.3, 0.4) is 0 Å². The SMILES string of the molecule is CCOC(=O)CC[C@H](N)C(=O)N[C@@H](CSC(=O)N(O)c1ccc(Cl)cc1)C(=O)NCC(=O)OCC.Cl. The third kappa shape index (κ3) is 12.4. The number of benzene rings is 1. The lowest BCUT2D eigenvalue weighted by Crippen LogP contribution is -2.53. The Bertz CT molecular complexity index is 891. The number of halogens is 2. The van der Waals surface area contributed by atoms with Gasteiger partial charge in [0.2, 0.25) is 11.8 Å². The van der Waals surface area contributed by atoms with Gasteiger partial charge in [0.05, 0.1) is 24.9 Å². The number of nitrogens with zero attached hydrogens (tertiary/aromatic N) is 1. The molecule has 0 bridgehead atoms. The van der Waals surface area contributed by atoms with Gasteiger partial charge in [-0.25, -0.2) is 0 Å². The van der Waals surface area contributed by atoms with E-state index in [1.165, 1.54) is 24.3 Å². The molecule has 202 valence electrons. The molecule has 0 fully saturated rings. The molecule has 12 nitrogen and oxygen atoms in total. The lowest BCUT2D eigenvalue weighted by atomic mass is 10.1. The maximum atomic E-state index is 12.6. The molecular formula is C21H30Cl2N4O8S. The molecule has 5 N–H and O–H groups in total. The second-order valence-electron chi connectivity index (χ2n) is 6.90. The van der Waals surface area contributed by atoms with Gasteiger partial charge in [0, 0.05) is 17.2 Å². The number of esters is 2. The highest BCUT2D eigenvalue weighted by Gasteiger charge is 2.27. The van der Waals surface area contributed by atoms with Crippen LogP contribution in [0.25, 0.3) is 0 Å². The summed E-state index contributed by atoms with van der Waals surface area (Å²) < 4.78 is 9.52. The maximum Gasteiger partial charge on any atom is 0.325 e. The summed E-state index contributed by atoms with van der Waals surface area (Å²) in [6.07, 6.45) is -0.134. The van der Waals surface area contributed by atoms with Crippen molar-refractivity contribution in [2.45, 2.75) is 38.8 Å². The molecule has 0 heterocycles. The molecule has 0 aliphatic rings. The molecule has 2 atom stereocenters. The summed E-state index contributed by atoms with van der Waals surface area (Å²) in [4.78, 5) is 60.5. The highest BCUT2D eigenvalue weighted by molar-refractivity contribution is 8.13. The molecule has 0 aliphatic heterocycles. The van der Waals surface area contributed by atoms with E-state index in [1.807, 2.05) is 0 Å². The Hall–Kier alpha value is -2.58. The zero-order chi connectivity index (χ0) is 26.4. The second kappa shape index (κ2) is 17.8. The first-order valence-corrected chi connectivity index (χ1v) is 12.0. The fraction of sp³-hybridized carbons (Fsp3) is 0.476. The number of carbonyl (C=O) groups excluding carboxylic acids is 5. The summed E-state index contributed by atoms with van der Waals surface area (Å²) in [7, 11) is 0. The van der Waals surface area contributed by atoms with E-state index in [2.05, 4.69) is 10.6 Å². The normalized spacial score (nSPS) is 11.8. The minimum atomic E-state index is -1.29. The number of anilines is 1. The third-order valence-electron chi connectivity index (χ3n) is 4.26. The van der Waals surface area contributed by atoms with Gasteiger partial charge < -0.3 is 25.8 Å². The molecule has 1 rings (SSSR count). The molecule has 0 aliphatic carbocycles. The van der Waals surface area contributed by atoms with Gasteiger partial charge in [0.25, 0.3) is 0 Å². The van der Waals surface area contributed by atoms with Crippen LogP contribution in [-0.4, -0.2) is 71.8 Å². The van der Waals surface area contributed by atoms with Crippen molar-refractivity contribution in [2.24, 2.45) is 5.73 Å². The molecular weight excluding hydrogens is 539 g/mol. The van der Waals surface area contributed by atoms with Gasteiger partial charge in [0.15, 0.2) is 0 Å². The van der Waals surface area contributed by atoms with Crippen LogP contribution in [0, 0.1) is 0 Å². The Morgan fingerprint density at radius 1 is 1.06 bits per heavy atom. The van der Waals surface area contributed by atoms with Crippen LogP contribution in [0.4, 0.5) is 10.5 Å². The first kappa shape index (κ1) is 33.4. The van der Waals surface area contributed by atoms with E-state index in [1.54, 1.807) is 13.8 Å². The Morgan fingerprint density at radius 2 is 1.64 bits per heavy atom. The summed E-state index contributed by atoms with van der Waals surface area (Å²) in [5, 5.41) is 14.8. The van der Waals surface area contributed by atoms with Crippen molar-refractivity contribution in [1.29, 1.82) is 0 Å². The van der Waals surface area contributed by atoms with Gasteiger partial charge in [-0.1, -0.05) is 23.4 Å². The number of thioether (sulfide) groups is 1. The summed E-state index contributed by atoms with van der Waals surface area (Å²) >= 11 is 6.33. The van der Waals surface area contributed by atoms with Crippen LogP contribution in [0.15, 0.2) is 24.3 Å². The number of nitrogens with two attached hydrogens (primary N) is 1. The quantitative estimate of drug-likeness (QED) is 0.155. The van der Waals surface area contributed by atoms with Crippen LogP contribution >= 0.6 is 35.8 Å². The molecule has 0 saturated carbocycles. The van der Waals surface area contributed by atoms with Crippen LogP contribution in [0.5, 0.6) is 0 Å². The zero-order valence-electron chi connectivity index (χ0n) is 19.7. The predicted molar refractivity (Wildman–Crippen MR) is 136 cm³/mol. The van der Waals surface area contributed by atoms with Crippen molar-refractivity contribution in [3.63, 3.8) is 0 Å². The van der Waals surface area contributed by atoms with Gasteiger partial charge >= 0.3 is 17.2 Å². The molecule has 0 saturated heterocycles. The monoisotopic (exact) mass is 568 g/mol. The van der Waals surface area contributed by atoms with Gasteiger partial charge in [0.1, 0.15) is 12.6 Å². The molecule has 0 aromatic heterocycles. The second-order valence-corrected chi connectivity index (χ2v) is 8.31. The Labute approximate surface area is 223 Å². The summed E-state index contributed by atoms with van der Waals surface area (Å²) in [5.41, 5.74) is 5.94. The first-order valence-electron chi connectivity index (χ1n) is 10.6. The number of rotatable bonds is 13. The van der Waals surface area contributed by atoms with Crippen molar-refractivity contribution in [3.8, 4) is 0 Å². The standard InChI is InChI=1S/C21H29ClN4O8S.ClH/c1-3-33-17(27)10-9-15(23)19(29)25-16(20(30)24-11-18(28)34-4-2)12-35-21(31)26(32)14-7-5-13(22)6-8-14;/h5-8,15-16,32H,3-4,9-12,23H2,1-2H3,(H,24,30)(H,25,29);1H/t15-,16-;/m0./s1. The number of hydrogen-bond donors (Lipinski definition) is 4. The van der Waals surface area contributed by atoms with Gasteiger partial charge in [-0.3, -0.25) is 29.2 Å². The third-order valence-corrected chi connectivity index (χ3v) is 5.44. The number of nitrogens with one attached hydrogen (secondary N) is 2. The average molecular weight is 569 g/mol. The number of ether oxygens (including phenoxy) is 2. The van der Waals surface area contributed by atoms with Crippen molar-refractivity contribution < 1.29 is 38.7 Å². The Kier molecular flexibility index (Phi) is 16.5. The molecule has 1 aromatic rings. The molecule has 0 spiro atoms. The summed E-state index contributed by atoms with van der Waals surface area (Å²) in [6, 6.07) is 3.34. The molecule has 1 aromatic carbocycles. The van der Waals surface area contributed by atoms with E-state index in [9.17, 15) is 29.2 Å². The van der Waals surface area contributed by atoms with Gasteiger partial charge in [-0.05, 0) is 44.5 Å². The van der Waals surface area contributed by atoms with E-state index in [-0.39, 0.29) is 49.9 Å². The average Bonchev–Trinajstić information content (AvgIpc) is 2.83. The molecule has 0 radical (unpaired) electrons. The zero-order valence-corrected chi connectivity index (χ0v) is 22.1. The lowest BCUT2D eigenvalue weighted by molar-refractivity contribution is -0.144. The molecule has 15 heteroatoms. The van der Waals surface area contributed by atoms with Crippen LogP contribution in [0.2, 0.25) is 5.02 Å². The van der Waals surface area contributed by atoms with Crippen LogP contribution < -0.4 is 21.4 Å². The number of amides is 3. The van der Waals surface area contributed by atoms with Gasteiger partial charge in [-0.15, -0.1) is 12.4 Å². The summed E-state index contributed by atoms with van der Waals surface area (Å²) in [6.45, 7) is 3.09. The predicted octanol–water partition coefficient (Wildman–Crippen LogP) is 1.65.